The van der Waals surface area contributed by atoms with Crippen LogP contribution in [0.1, 0.15) is 22.1 Å². The number of methoxy groups -OCH3 is 3. The third-order valence-electron chi connectivity index (χ3n) is 2.65. The maximum Gasteiger partial charge on any atom is 0.302 e. The summed E-state index contributed by atoms with van der Waals surface area (Å²) in [5.41, 5.74) is 0. The lowest BCUT2D eigenvalue weighted by atomic mass is 10.0. The summed E-state index contributed by atoms with van der Waals surface area (Å²) >= 11 is 0. The van der Waals surface area contributed by atoms with Crippen LogP contribution in [0.15, 0.2) is 0 Å². The normalized spacial score (nSPS) is 19.2. The van der Waals surface area contributed by atoms with E-state index in [9.17, 15) is 9.59 Å². The van der Waals surface area contributed by atoms with E-state index in [-0.39, 0.29) is 0 Å². The summed E-state index contributed by atoms with van der Waals surface area (Å²) in [6.45, 7) is 2.83. The molecule has 0 fully saturated rings. The minimum Gasteiger partial charge on any atom is -0.463 e. The van der Waals surface area contributed by atoms with Gasteiger partial charge >= 0.3 is 11.9 Å². The van der Waals surface area contributed by atoms with Gasteiger partial charge in [0.25, 0.3) is 0 Å². The Morgan fingerprint density at radius 2 is 1.55 bits per heavy atom. The highest BCUT2D eigenvalue weighted by Gasteiger charge is 2.36. The average molecular weight is 293 g/mol. The first-order valence-corrected chi connectivity index (χ1v) is 6.13. The van der Waals surface area contributed by atoms with E-state index in [1.54, 1.807) is 6.92 Å². The van der Waals surface area contributed by atoms with Crippen molar-refractivity contribution < 1.29 is 34.6 Å². The maximum absolute atomic E-state index is 11.0. The van der Waals surface area contributed by atoms with Crippen LogP contribution in [0, 0.1) is 0 Å². The number of esters is 2. The molecular formula is C13H24O7. The number of hydrogen-bond donors (Lipinski definition) is 0. The van der Waals surface area contributed by atoms with Crippen molar-refractivity contribution in [2.24, 2.45) is 0 Å². The predicted octanol–water partition coefficient (Wildman–Crippen LogP) is 0.546. The zero-order valence-corrected chi connectivity index (χ0v) is 12.7. The van der Waals surface area contributed by atoms with Gasteiger partial charge in [-0.05, 0) is 6.92 Å². The summed E-state index contributed by atoms with van der Waals surface area (Å²) < 4.78 is 33.5. The van der Waals surface area contributed by atoms with E-state index >= 15 is 0 Å². The minimum absolute atomic E-state index is 0.462. The molecule has 0 saturated heterocycles. The molecule has 1 unspecified atom stereocenters. The second-order valence-corrected chi connectivity index (χ2v) is 4.16. The monoisotopic (exact) mass is 293 g/mol. The second-order valence-electron chi connectivity index (χ2n) is 4.16. The summed E-state index contributed by atoms with van der Waals surface area (Å²) in [7, 11) is 4.20. The first-order chi connectivity index (χ1) is 9.78. The molecule has 0 spiro atoms. The Balaban J connectivity index is 5.10. The highest BCUT2D eigenvalue weighted by Crippen LogP contribution is 2.17. The van der Waals surface area contributed by atoms with Crippen molar-refractivity contribution in [1.82, 2.24) is 0 Å². The van der Waals surface area contributed by atoms with E-state index in [1.807, 2.05) is 0 Å². The molecule has 118 valence electrons. The van der Waals surface area contributed by atoms with Gasteiger partial charge in [-0.2, -0.15) is 0 Å². The summed E-state index contributed by atoms with van der Waals surface area (Å²) in [6.07, 6.45) is -2.98. The number of carbonyl (C=O) groups excluding carboxylic acids is 2. The molecule has 7 heteroatoms. The minimum atomic E-state index is -1.29. The Hall–Kier alpha value is -1.18. The predicted molar refractivity (Wildman–Crippen MR) is 70.3 cm³/mol. The topological polar surface area (TPSA) is 80.3 Å². The van der Waals surface area contributed by atoms with Crippen molar-refractivity contribution in [1.29, 1.82) is 0 Å². The highest BCUT2D eigenvalue weighted by atomic mass is 16.6. The van der Waals surface area contributed by atoms with Crippen molar-refractivity contribution in [3.8, 4) is 0 Å². The summed E-state index contributed by atoms with van der Waals surface area (Å²) in [5, 5.41) is 0. The van der Waals surface area contributed by atoms with Crippen LogP contribution in [0.25, 0.3) is 0 Å². The molecule has 0 aromatic carbocycles. The quantitative estimate of drug-likeness (QED) is 0.574. The van der Waals surface area contributed by atoms with Gasteiger partial charge in [0.05, 0.1) is 1.37 Å². The summed E-state index contributed by atoms with van der Waals surface area (Å²) in [4.78, 5) is 22.0. The zero-order valence-electron chi connectivity index (χ0n) is 13.7. The molecule has 0 aromatic rings. The molecule has 0 aliphatic heterocycles. The van der Waals surface area contributed by atoms with E-state index in [0.29, 0.717) is 0 Å². The Morgan fingerprint density at radius 3 is 1.90 bits per heavy atom. The van der Waals surface area contributed by atoms with Gasteiger partial charge in [0.2, 0.25) is 0 Å². The Morgan fingerprint density at radius 1 is 1.00 bits per heavy atom. The van der Waals surface area contributed by atoms with Crippen LogP contribution in [0.2, 0.25) is 0 Å². The van der Waals surface area contributed by atoms with Gasteiger partial charge in [0.15, 0.2) is 0 Å². The van der Waals surface area contributed by atoms with Gasteiger partial charge in [0.1, 0.15) is 31.0 Å². The van der Waals surface area contributed by atoms with E-state index < -0.39 is 42.9 Å². The molecule has 5 atom stereocenters. The molecule has 0 aromatic heterocycles. The highest BCUT2D eigenvalue weighted by molar-refractivity contribution is 5.66. The molecule has 0 amide bonds. The number of carbonyl (C=O) groups is 2. The fourth-order valence-corrected chi connectivity index (χ4v) is 1.81. The van der Waals surface area contributed by atoms with Crippen molar-refractivity contribution in [3.63, 3.8) is 0 Å². The van der Waals surface area contributed by atoms with Crippen LogP contribution in [0.5, 0.6) is 0 Å². The van der Waals surface area contributed by atoms with Crippen LogP contribution in [-0.2, 0) is 33.3 Å². The molecular weight excluding hydrogens is 268 g/mol. The van der Waals surface area contributed by atoms with E-state index in [4.69, 9.17) is 25.1 Å². The SMILES string of the molecule is [2H]C(OC(C)=O)[C@H](OC)[C@H](OC)[C@@H](OC)[C@H](C)OC(C)=O. The lowest BCUT2D eigenvalue weighted by Gasteiger charge is -2.33. The lowest BCUT2D eigenvalue weighted by Crippen LogP contribution is -2.49. The lowest BCUT2D eigenvalue weighted by molar-refractivity contribution is -0.176. The van der Waals surface area contributed by atoms with Crippen molar-refractivity contribution in [2.45, 2.75) is 45.2 Å². The molecule has 0 aliphatic carbocycles. The Kier molecular flexibility index (Phi) is 8.17. The largest absolute Gasteiger partial charge is 0.463 e. The van der Waals surface area contributed by atoms with Crippen LogP contribution in [0.4, 0.5) is 0 Å². The van der Waals surface area contributed by atoms with Crippen LogP contribution in [-0.4, -0.2) is 64.3 Å². The molecule has 0 rings (SSSR count). The molecule has 0 bridgehead atoms. The Bertz CT molecular complexity index is 306. The number of rotatable bonds is 9. The van der Waals surface area contributed by atoms with Crippen molar-refractivity contribution >= 4 is 11.9 Å². The Labute approximate surface area is 120 Å². The standard InChI is InChI=1S/C13H24O7/c1-8(20-10(3)15)12(17-5)13(18-6)11(16-4)7-19-9(2)14/h8,11-13H,7H2,1-6H3/t8-,11-,12-,13-/m0/s1/i7D/t7?,8-,11-,12-,13-. The van der Waals surface area contributed by atoms with Gasteiger partial charge in [-0.25, -0.2) is 0 Å². The first-order valence-electron chi connectivity index (χ1n) is 6.71. The van der Waals surface area contributed by atoms with Crippen LogP contribution >= 0.6 is 0 Å². The third-order valence-corrected chi connectivity index (χ3v) is 2.65. The maximum atomic E-state index is 11.0. The molecule has 0 aliphatic rings. The fraction of sp³-hybridized carbons (Fsp3) is 0.846. The summed E-state index contributed by atoms with van der Waals surface area (Å²) in [6, 6.07) is 0. The van der Waals surface area contributed by atoms with Gasteiger partial charge in [-0.1, -0.05) is 0 Å². The number of ether oxygens (including phenoxy) is 5. The zero-order chi connectivity index (χ0) is 16.6. The first kappa shape index (κ1) is 16.9. The van der Waals surface area contributed by atoms with Crippen molar-refractivity contribution in [2.75, 3.05) is 27.9 Å². The fourth-order valence-electron chi connectivity index (χ4n) is 1.81. The molecule has 0 radical (unpaired) electrons. The molecule has 20 heavy (non-hydrogen) atoms. The van der Waals surface area contributed by atoms with Crippen LogP contribution in [0.3, 0.4) is 0 Å². The third kappa shape index (κ3) is 6.31. The number of hydrogen-bond acceptors (Lipinski definition) is 7. The van der Waals surface area contributed by atoms with Gasteiger partial charge in [-0.15, -0.1) is 0 Å². The second kappa shape index (κ2) is 9.68. The average Bonchev–Trinajstić information content (AvgIpc) is 2.36. The molecule has 0 N–H and O–H groups in total. The smallest absolute Gasteiger partial charge is 0.302 e. The van der Waals surface area contributed by atoms with E-state index in [1.165, 1.54) is 35.2 Å². The van der Waals surface area contributed by atoms with E-state index in [2.05, 4.69) is 0 Å². The summed E-state index contributed by atoms with van der Waals surface area (Å²) in [5.74, 6) is -1.07. The molecule has 7 nitrogen and oxygen atoms in total. The van der Waals surface area contributed by atoms with Crippen molar-refractivity contribution in [3.05, 3.63) is 0 Å². The molecule has 0 heterocycles. The van der Waals surface area contributed by atoms with Crippen LogP contribution < -0.4 is 0 Å². The molecule has 0 saturated carbocycles. The van der Waals surface area contributed by atoms with Gasteiger partial charge in [-0.3, -0.25) is 9.59 Å². The van der Waals surface area contributed by atoms with Gasteiger partial charge in [0, 0.05) is 35.2 Å². The van der Waals surface area contributed by atoms with E-state index in [0.717, 1.165) is 0 Å². The van der Waals surface area contributed by atoms with Gasteiger partial charge < -0.3 is 23.7 Å².